The van der Waals surface area contributed by atoms with Crippen molar-refractivity contribution in [2.45, 2.75) is 32.7 Å². The number of ketones is 1. The second kappa shape index (κ2) is 4.38. The van der Waals surface area contributed by atoms with Crippen LogP contribution in [0.4, 0.5) is 0 Å². The van der Waals surface area contributed by atoms with Crippen molar-refractivity contribution >= 4 is 5.78 Å². The Morgan fingerprint density at radius 3 is 2.43 bits per heavy atom. The molecule has 14 heavy (non-hydrogen) atoms. The second-order valence-electron chi connectivity index (χ2n) is 3.93. The predicted molar refractivity (Wildman–Crippen MR) is 58.5 cm³/mol. The molecule has 0 aliphatic carbocycles. The molecular formula is C12H17NO. The number of benzene rings is 1. The lowest BCUT2D eigenvalue weighted by molar-refractivity contribution is 0.0968. The maximum atomic E-state index is 11.6. The zero-order valence-electron chi connectivity index (χ0n) is 8.95. The Hall–Kier alpha value is -1.15. The summed E-state index contributed by atoms with van der Waals surface area (Å²) in [6.07, 6.45) is 0. The Bertz CT molecular complexity index is 329. The standard InChI is InChI=1S/C12H17NO/c1-8(2)10-5-4-6-11(7-10)12(14)9(3)13/h4-9H,13H2,1-3H3. The van der Waals surface area contributed by atoms with Crippen LogP contribution >= 0.6 is 0 Å². The molecule has 2 heteroatoms. The highest BCUT2D eigenvalue weighted by Gasteiger charge is 2.11. The monoisotopic (exact) mass is 191 g/mol. The van der Waals surface area contributed by atoms with Crippen molar-refractivity contribution in [3.63, 3.8) is 0 Å². The SMILES string of the molecule is CC(N)C(=O)c1cccc(C(C)C)c1. The van der Waals surface area contributed by atoms with Gasteiger partial charge in [-0.05, 0) is 24.5 Å². The highest BCUT2D eigenvalue weighted by atomic mass is 16.1. The van der Waals surface area contributed by atoms with Gasteiger partial charge in [0.15, 0.2) is 5.78 Å². The summed E-state index contributed by atoms with van der Waals surface area (Å²) in [6.45, 7) is 5.93. The number of carbonyl (C=O) groups is 1. The van der Waals surface area contributed by atoms with Crippen LogP contribution in [-0.4, -0.2) is 11.8 Å². The molecule has 1 atom stereocenters. The summed E-state index contributed by atoms with van der Waals surface area (Å²) >= 11 is 0. The lowest BCUT2D eigenvalue weighted by Gasteiger charge is -2.08. The van der Waals surface area contributed by atoms with Gasteiger partial charge in [-0.1, -0.05) is 32.0 Å². The maximum absolute atomic E-state index is 11.6. The highest BCUT2D eigenvalue weighted by molar-refractivity contribution is 5.99. The number of rotatable bonds is 3. The Morgan fingerprint density at radius 2 is 1.93 bits per heavy atom. The molecule has 0 radical (unpaired) electrons. The van der Waals surface area contributed by atoms with Crippen LogP contribution in [0, 0.1) is 0 Å². The van der Waals surface area contributed by atoms with Gasteiger partial charge < -0.3 is 5.73 Å². The van der Waals surface area contributed by atoms with E-state index in [9.17, 15) is 4.79 Å². The van der Waals surface area contributed by atoms with E-state index in [0.29, 0.717) is 11.5 Å². The molecule has 0 saturated heterocycles. The fourth-order valence-corrected chi connectivity index (χ4v) is 1.31. The van der Waals surface area contributed by atoms with E-state index in [2.05, 4.69) is 13.8 Å². The van der Waals surface area contributed by atoms with Gasteiger partial charge in [0, 0.05) is 5.56 Å². The largest absolute Gasteiger partial charge is 0.321 e. The van der Waals surface area contributed by atoms with Gasteiger partial charge in [-0.3, -0.25) is 4.79 Å². The summed E-state index contributed by atoms with van der Waals surface area (Å²) < 4.78 is 0. The van der Waals surface area contributed by atoms with Crippen LogP contribution < -0.4 is 5.73 Å². The minimum atomic E-state index is -0.419. The molecule has 0 aliphatic heterocycles. The van der Waals surface area contributed by atoms with E-state index in [4.69, 9.17) is 5.73 Å². The van der Waals surface area contributed by atoms with Crippen LogP contribution in [0.3, 0.4) is 0 Å². The van der Waals surface area contributed by atoms with Crippen molar-refractivity contribution in [2.75, 3.05) is 0 Å². The molecule has 0 amide bonds. The zero-order chi connectivity index (χ0) is 10.7. The summed E-state index contributed by atoms with van der Waals surface area (Å²) in [4.78, 5) is 11.6. The van der Waals surface area contributed by atoms with Crippen molar-refractivity contribution < 1.29 is 4.79 Å². The summed E-state index contributed by atoms with van der Waals surface area (Å²) in [7, 11) is 0. The van der Waals surface area contributed by atoms with Crippen LogP contribution in [0.5, 0.6) is 0 Å². The van der Waals surface area contributed by atoms with Crippen LogP contribution in [0.25, 0.3) is 0 Å². The number of nitrogens with two attached hydrogens (primary N) is 1. The minimum absolute atomic E-state index is 0.00694. The summed E-state index contributed by atoms with van der Waals surface area (Å²) in [5.74, 6) is 0.448. The van der Waals surface area contributed by atoms with Crippen molar-refractivity contribution in [1.29, 1.82) is 0 Å². The van der Waals surface area contributed by atoms with E-state index < -0.39 is 6.04 Å². The Labute approximate surface area is 85.1 Å². The third-order valence-corrected chi connectivity index (χ3v) is 2.25. The Kier molecular flexibility index (Phi) is 3.42. The van der Waals surface area contributed by atoms with Gasteiger partial charge in [0.2, 0.25) is 0 Å². The van der Waals surface area contributed by atoms with Crippen molar-refractivity contribution in [1.82, 2.24) is 0 Å². The van der Waals surface area contributed by atoms with E-state index in [-0.39, 0.29) is 5.78 Å². The van der Waals surface area contributed by atoms with Crippen LogP contribution in [0.15, 0.2) is 24.3 Å². The van der Waals surface area contributed by atoms with E-state index in [1.807, 2.05) is 24.3 Å². The lowest BCUT2D eigenvalue weighted by Crippen LogP contribution is -2.26. The number of hydrogen-bond donors (Lipinski definition) is 1. The first-order valence-electron chi connectivity index (χ1n) is 4.92. The van der Waals surface area contributed by atoms with Gasteiger partial charge in [0.1, 0.15) is 0 Å². The molecule has 2 N–H and O–H groups in total. The van der Waals surface area contributed by atoms with Gasteiger partial charge >= 0.3 is 0 Å². The fourth-order valence-electron chi connectivity index (χ4n) is 1.31. The smallest absolute Gasteiger partial charge is 0.179 e. The molecule has 0 spiro atoms. The average Bonchev–Trinajstić information content (AvgIpc) is 2.16. The van der Waals surface area contributed by atoms with Gasteiger partial charge in [-0.2, -0.15) is 0 Å². The molecule has 76 valence electrons. The van der Waals surface area contributed by atoms with Crippen molar-refractivity contribution in [2.24, 2.45) is 5.73 Å². The average molecular weight is 191 g/mol. The Morgan fingerprint density at radius 1 is 1.29 bits per heavy atom. The van der Waals surface area contributed by atoms with E-state index >= 15 is 0 Å². The first kappa shape index (κ1) is 10.9. The predicted octanol–water partition coefficient (Wildman–Crippen LogP) is 2.34. The highest BCUT2D eigenvalue weighted by Crippen LogP contribution is 2.16. The molecule has 0 aliphatic rings. The number of hydrogen-bond acceptors (Lipinski definition) is 2. The normalized spacial score (nSPS) is 12.9. The maximum Gasteiger partial charge on any atom is 0.179 e. The molecule has 1 aromatic rings. The molecule has 0 aromatic heterocycles. The molecule has 0 fully saturated rings. The summed E-state index contributed by atoms with van der Waals surface area (Å²) in [5, 5.41) is 0. The topological polar surface area (TPSA) is 43.1 Å². The molecule has 0 bridgehead atoms. The number of Topliss-reactive ketones (excluding diaryl/α,β-unsaturated/α-hetero) is 1. The zero-order valence-corrected chi connectivity index (χ0v) is 8.95. The Balaban J connectivity index is 3.00. The van der Waals surface area contributed by atoms with Crippen LogP contribution in [-0.2, 0) is 0 Å². The lowest BCUT2D eigenvalue weighted by atomic mass is 9.98. The first-order valence-corrected chi connectivity index (χ1v) is 4.92. The number of carbonyl (C=O) groups excluding carboxylic acids is 1. The molecule has 1 unspecified atom stereocenters. The van der Waals surface area contributed by atoms with Gasteiger partial charge in [-0.25, -0.2) is 0 Å². The summed E-state index contributed by atoms with van der Waals surface area (Å²) in [6, 6.07) is 7.26. The first-order chi connectivity index (χ1) is 6.52. The molecule has 2 nitrogen and oxygen atoms in total. The molecule has 0 heterocycles. The molecule has 1 rings (SSSR count). The third-order valence-electron chi connectivity index (χ3n) is 2.25. The summed E-state index contributed by atoms with van der Waals surface area (Å²) in [5.41, 5.74) is 7.44. The van der Waals surface area contributed by atoms with Gasteiger partial charge in [0.25, 0.3) is 0 Å². The molecule has 0 saturated carbocycles. The van der Waals surface area contributed by atoms with Gasteiger partial charge in [0.05, 0.1) is 6.04 Å². The third kappa shape index (κ3) is 2.42. The van der Waals surface area contributed by atoms with E-state index in [1.165, 1.54) is 5.56 Å². The quantitative estimate of drug-likeness (QED) is 0.745. The van der Waals surface area contributed by atoms with E-state index in [1.54, 1.807) is 6.92 Å². The molecule has 1 aromatic carbocycles. The second-order valence-corrected chi connectivity index (χ2v) is 3.93. The van der Waals surface area contributed by atoms with E-state index in [0.717, 1.165) is 0 Å². The fraction of sp³-hybridized carbons (Fsp3) is 0.417. The van der Waals surface area contributed by atoms with Gasteiger partial charge in [-0.15, -0.1) is 0 Å². The van der Waals surface area contributed by atoms with Crippen LogP contribution in [0.2, 0.25) is 0 Å². The minimum Gasteiger partial charge on any atom is -0.321 e. The molecular weight excluding hydrogens is 174 g/mol. The van der Waals surface area contributed by atoms with Crippen molar-refractivity contribution in [3.8, 4) is 0 Å². The van der Waals surface area contributed by atoms with Crippen molar-refractivity contribution in [3.05, 3.63) is 35.4 Å². The van der Waals surface area contributed by atoms with Crippen LogP contribution in [0.1, 0.15) is 42.6 Å².